The van der Waals surface area contributed by atoms with Crippen LogP contribution >= 0.6 is 0 Å². The van der Waals surface area contributed by atoms with Gasteiger partial charge in [-0.3, -0.25) is 9.89 Å². The molecule has 0 aliphatic heterocycles. The number of aromatic amines is 1. The van der Waals surface area contributed by atoms with Crippen LogP contribution in [0.2, 0.25) is 0 Å². The molecule has 0 unspecified atom stereocenters. The van der Waals surface area contributed by atoms with Crippen LogP contribution < -0.4 is 10.3 Å². The first kappa shape index (κ1) is 20.3. The number of hydrogen-bond donors (Lipinski definition) is 2. The Morgan fingerprint density at radius 3 is 2.48 bits per heavy atom. The van der Waals surface area contributed by atoms with E-state index < -0.39 is 0 Å². The smallest absolute Gasteiger partial charge is 0.289 e. The van der Waals surface area contributed by atoms with Gasteiger partial charge in [-0.05, 0) is 54.4 Å². The van der Waals surface area contributed by atoms with Crippen molar-refractivity contribution in [2.45, 2.75) is 13.8 Å². The largest absolute Gasteiger partial charge is 0.372 e. The molecule has 4 rings (SSSR count). The van der Waals surface area contributed by atoms with Crippen molar-refractivity contribution >= 4 is 28.6 Å². The number of carbonyl (C=O) groups is 1. The third-order valence-corrected chi connectivity index (χ3v) is 5.27. The van der Waals surface area contributed by atoms with Gasteiger partial charge in [-0.2, -0.15) is 10.2 Å². The number of amides is 1. The van der Waals surface area contributed by atoms with Gasteiger partial charge in [-0.25, -0.2) is 5.43 Å². The summed E-state index contributed by atoms with van der Waals surface area (Å²) in [5.74, 6) is -0.337. The first-order valence-electron chi connectivity index (χ1n) is 10.4. The number of rotatable bonds is 7. The fourth-order valence-electron chi connectivity index (χ4n) is 3.52. The first-order chi connectivity index (χ1) is 15.2. The Bertz CT molecular complexity index is 1210. The van der Waals surface area contributed by atoms with Crippen LogP contribution in [0.5, 0.6) is 0 Å². The Kier molecular flexibility index (Phi) is 6.08. The van der Waals surface area contributed by atoms with Crippen LogP contribution in [0.4, 0.5) is 5.69 Å². The second kappa shape index (κ2) is 9.26. The zero-order valence-corrected chi connectivity index (χ0v) is 17.7. The van der Waals surface area contributed by atoms with Gasteiger partial charge in [-0.15, -0.1) is 0 Å². The lowest BCUT2D eigenvalue weighted by atomic mass is 10.1. The van der Waals surface area contributed by atoms with Gasteiger partial charge in [0, 0.05) is 24.3 Å². The van der Waals surface area contributed by atoms with Gasteiger partial charge < -0.3 is 4.90 Å². The summed E-state index contributed by atoms with van der Waals surface area (Å²) in [4.78, 5) is 14.7. The summed E-state index contributed by atoms with van der Waals surface area (Å²) < 4.78 is 0. The van der Waals surface area contributed by atoms with Crippen molar-refractivity contribution in [2.75, 3.05) is 18.0 Å². The van der Waals surface area contributed by atoms with Crippen molar-refractivity contribution in [1.82, 2.24) is 15.6 Å². The fourth-order valence-corrected chi connectivity index (χ4v) is 3.52. The van der Waals surface area contributed by atoms with Gasteiger partial charge in [0.25, 0.3) is 5.91 Å². The van der Waals surface area contributed by atoms with E-state index in [0.29, 0.717) is 11.4 Å². The number of hydrazone groups is 1. The molecular weight excluding hydrogens is 386 g/mol. The summed E-state index contributed by atoms with van der Waals surface area (Å²) >= 11 is 0. The monoisotopic (exact) mass is 411 g/mol. The van der Waals surface area contributed by atoms with Gasteiger partial charge in [0.2, 0.25) is 0 Å². The summed E-state index contributed by atoms with van der Waals surface area (Å²) in [6.45, 7) is 6.20. The topological polar surface area (TPSA) is 73.4 Å². The van der Waals surface area contributed by atoms with Crippen LogP contribution in [-0.4, -0.2) is 35.4 Å². The molecule has 0 spiro atoms. The van der Waals surface area contributed by atoms with E-state index in [1.54, 1.807) is 12.3 Å². The molecule has 0 bridgehead atoms. The molecule has 0 atom stereocenters. The fraction of sp³-hybridized carbons (Fsp3) is 0.160. The van der Waals surface area contributed by atoms with Crippen LogP contribution in [0.3, 0.4) is 0 Å². The minimum atomic E-state index is -0.337. The predicted molar refractivity (Wildman–Crippen MR) is 127 cm³/mol. The number of nitrogens with zero attached hydrogens (tertiary/aromatic N) is 3. The van der Waals surface area contributed by atoms with Crippen molar-refractivity contribution in [3.63, 3.8) is 0 Å². The second-order valence-electron chi connectivity index (χ2n) is 7.19. The molecular formula is C25H25N5O. The molecule has 4 aromatic rings. The summed E-state index contributed by atoms with van der Waals surface area (Å²) in [6, 6.07) is 24.1. The average Bonchev–Trinajstić information content (AvgIpc) is 3.31. The maximum atomic E-state index is 12.4. The van der Waals surface area contributed by atoms with E-state index in [9.17, 15) is 4.79 Å². The Labute approximate surface area is 181 Å². The lowest BCUT2D eigenvalue weighted by molar-refractivity contribution is 0.0950. The van der Waals surface area contributed by atoms with E-state index in [1.165, 1.54) is 11.1 Å². The molecule has 1 heterocycles. The standard InChI is InChI=1S/C25H25N5O/c1-3-30(4-2)22-13-9-18(10-14-22)17-26-29-25(31)24-16-23(27-28-24)21-12-11-19-7-5-6-8-20(19)15-21/h5-17H,3-4H2,1-2H3,(H,27,28)(H,29,31). The van der Waals surface area contributed by atoms with E-state index in [0.717, 1.165) is 29.6 Å². The highest BCUT2D eigenvalue weighted by molar-refractivity contribution is 5.94. The number of nitrogens with one attached hydrogen (secondary N) is 2. The lowest BCUT2D eigenvalue weighted by Crippen LogP contribution is -2.21. The van der Waals surface area contributed by atoms with Crippen molar-refractivity contribution in [3.8, 4) is 11.3 Å². The Hall–Kier alpha value is -3.93. The zero-order chi connectivity index (χ0) is 21.6. The van der Waals surface area contributed by atoms with Crippen molar-refractivity contribution in [2.24, 2.45) is 5.10 Å². The summed E-state index contributed by atoms with van der Waals surface area (Å²) in [7, 11) is 0. The molecule has 0 fully saturated rings. The molecule has 31 heavy (non-hydrogen) atoms. The normalized spacial score (nSPS) is 11.2. The predicted octanol–water partition coefficient (Wildman–Crippen LogP) is 4.84. The quantitative estimate of drug-likeness (QED) is 0.338. The van der Waals surface area contributed by atoms with Gasteiger partial charge >= 0.3 is 0 Å². The second-order valence-corrected chi connectivity index (χ2v) is 7.19. The summed E-state index contributed by atoms with van der Waals surface area (Å²) in [5.41, 5.74) is 6.66. The zero-order valence-electron chi connectivity index (χ0n) is 17.7. The maximum Gasteiger partial charge on any atom is 0.289 e. The van der Waals surface area contributed by atoms with E-state index in [4.69, 9.17) is 0 Å². The molecule has 0 saturated heterocycles. The number of hydrogen-bond acceptors (Lipinski definition) is 4. The van der Waals surface area contributed by atoms with Gasteiger partial charge in [0.1, 0.15) is 5.69 Å². The van der Waals surface area contributed by atoms with Crippen LogP contribution in [-0.2, 0) is 0 Å². The van der Waals surface area contributed by atoms with Crippen LogP contribution in [0, 0.1) is 0 Å². The average molecular weight is 412 g/mol. The molecule has 0 aliphatic rings. The lowest BCUT2D eigenvalue weighted by Gasteiger charge is -2.20. The molecule has 1 aromatic heterocycles. The van der Waals surface area contributed by atoms with Gasteiger partial charge in [-0.1, -0.05) is 48.5 Å². The third-order valence-electron chi connectivity index (χ3n) is 5.27. The number of H-pyrrole nitrogens is 1. The molecule has 0 aliphatic carbocycles. The summed E-state index contributed by atoms with van der Waals surface area (Å²) in [5, 5.41) is 13.4. The number of fused-ring (bicyclic) bond motifs is 1. The van der Waals surface area contributed by atoms with Crippen molar-refractivity contribution < 1.29 is 4.79 Å². The molecule has 3 aromatic carbocycles. The Morgan fingerprint density at radius 2 is 1.74 bits per heavy atom. The van der Waals surface area contributed by atoms with E-state index in [-0.39, 0.29) is 5.91 Å². The molecule has 6 heteroatoms. The van der Waals surface area contributed by atoms with Crippen molar-refractivity contribution in [1.29, 1.82) is 0 Å². The van der Waals surface area contributed by atoms with Crippen LogP contribution in [0.25, 0.3) is 22.0 Å². The van der Waals surface area contributed by atoms with Gasteiger partial charge in [0.15, 0.2) is 0 Å². The molecule has 0 saturated carbocycles. The van der Waals surface area contributed by atoms with Crippen molar-refractivity contribution in [3.05, 3.63) is 84.1 Å². The highest BCUT2D eigenvalue weighted by Crippen LogP contribution is 2.23. The van der Waals surface area contributed by atoms with E-state index in [1.807, 2.05) is 30.3 Å². The maximum absolute atomic E-state index is 12.4. The molecule has 0 radical (unpaired) electrons. The molecule has 156 valence electrons. The minimum Gasteiger partial charge on any atom is -0.372 e. The number of carbonyl (C=O) groups excluding carboxylic acids is 1. The highest BCUT2D eigenvalue weighted by atomic mass is 16.2. The van der Waals surface area contributed by atoms with E-state index >= 15 is 0 Å². The molecule has 6 nitrogen and oxygen atoms in total. The first-order valence-corrected chi connectivity index (χ1v) is 10.4. The Morgan fingerprint density at radius 1 is 1.00 bits per heavy atom. The molecule has 1 amide bonds. The molecule has 2 N–H and O–H groups in total. The Balaban J connectivity index is 1.40. The number of benzene rings is 3. The third kappa shape index (κ3) is 4.64. The number of anilines is 1. The summed E-state index contributed by atoms with van der Waals surface area (Å²) in [6.07, 6.45) is 1.63. The van der Waals surface area contributed by atoms with Crippen LogP contribution in [0.15, 0.2) is 77.9 Å². The number of aromatic nitrogens is 2. The van der Waals surface area contributed by atoms with E-state index in [2.05, 4.69) is 75.9 Å². The minimum absolute atomic E-state index is 0.337. The highest BCUT2D eigenvalue weighted by Gasteiger charge is 2.11. The SMILES string of the molecule is CCN(CC)c1ccc(C=NNC(=O)c2cc(-c3ccc4ccccc4c3)n[nH]2)cc1. The van der Waals surface area contributed by atoms with Crippen LogP contribution in [0.1, 0.15) is 29.9 Å². The van der Waals surface area contributed by atoms with Gasteiger partial charge in [0.05, 0.1) is 11.9 Å².